The molecule has 2 aliphatic rings. The third kappa shape index (κ3) is 16.3. The van der Waals surface area contributed by atoms with E-state index < -0.39 is 128 Å². The van der Waals surface area contributed by atoms with Gasteiger partial charge in [0.15, 0.2) is 36.8 Å². The number of hydrogen-bond acceptors (Lipinski definition) is 20. The first kappa shape index (κ1) is 46.6. The minimum Gasteiger partial charge on any atom is -0.463 e. The predicted molar refractivity (Wildman–Crippen MR) is 180 cm³/mol. The van der Waals surface area contributed by atoms with Gasteiger partial charge in [-0.15, -0.1) is 0 Å². The molecule has 0 aromatic rings. The normalized spacial score (nSPS) is 27.7. The fourth-order valence-corrected chi connectivity index (χ4v) is 5.51. The first-order valence-electron chi connectivity index (χ1n) is 17.4. The molecule has 2 rings (SSSR count). The average molecular weight is 793 g/mol. The molecule has 0 aliphatic carbocycles. The largest absolute Gasteiger partial charge is 0.463 e. The topological polar surface area (TPSA) is 262 Å². The minimum atomic E-state index is -1.81. The van der Waals surface area contributed by atoms with Gasteiger partial charge in [0.05, 0.1) is 0 Å². The molecule has 2 N–H and O–H groups in total. The Labute approximate surface area is 317 Å². The number of amides is 1. The molecular weight excluding hydrogens is 740 g/mol. The molecule has 0 aromatic heterocycles. The Morgan fingerprint density at radius 2 is 0.964 bits per heavy atom. The maximum Gasteiger partial charge on any atom is 0.407 e. The summed E-state index contributed by atoms with van der Waals surface area (Å²) in [4.78, 5) is 97.9. The third-order valence-electron chi connectivity index (χ3n) is 7.30. The van der Waals surface area contributed by atoms with Crippen molar-refractivity contribution in [1.82, 2.24) is 10.6 Å². The smallest absolute Gasteiger partial charge is 0.407 e. The van der Waals surface area contributed by atoms with Crippen LogP contribution in [0.2, 0.25) is 0 Å². The highest BCUT2D eigenvalue weighted by Crippen LogP contribution is 2.35. The maximum atomic E-state index is 12.6. The summed E-state index contributed by atoms with van der Waals surface area (Å²) in [5.41, 5.74) is -0.726. The van der Waals surface area contributed by atoms with Gasteiger partial charge in [-0.05, 0) is 33.7 Å². The molecule has 10 atom stereocenters. The Kier molecular flexibility index (Phi) is 18.2. The lowest BCUT2D eigenvalue weighted by molar-refractivity contribution is -0.346. The Morgan fingerprint density at radius 1 is 0.527 bits per heavy atom. The lowest BCUT2D eigenvalue weighted by Gasteiger charge is -2.49. The van der Waals surface area contributed by atoms with E-state index in [2.05, 4.69) is 10.6 Å². The lowest BCUT2D eigenvalue weighted by Crippen LogP contribution is -2.68. The summed E-state index contributed by atoms with van der Waals surface area (Å²) >= 11 is 0. The molecule has 2 saturated heterocycles. The molecule has 1 unspecified atom stereocenters. The van der Waals surface area contributed by atoms with Gasteiger partial charge < -0.3 is 57.4 Å². The number of carbonyl (C=O) groups is 8. The molecule has 0 radical (unpaired) electrons. The highest BCUT2D eigenvalue weighted by atomic mass is 16.8. The second-order valence-electron chi connectivity index (χ2n) is 13.5. The molecule has 0 bridgehead atoms. The van der Waals surface area contributed by atoms with Gasteiger partial charge in [0.25, 0.3) is 0 Å². The van der Waals surface area contributed by atoms with E-state index in [1.807, 2.05) is 0 Å². The number of esters is 7. The second-order valence-corrected chi connectivity index (χ2v) is 13.5. The highest BCUT2D eigenvalue weighted by Gasteiger charge is 2.57. The third-order valence-corrected chi connectivity index (χ3v) is 7.30. The van der Waals surface area contributed by atoms with E-state index >= 15 is 0 Å². The number of hydrogen-bond donors (Lipinski definition) is 2. The van der Waals surface area contributed by atoms with Crippen LogP contribution in [0.5, 0.6) is 0 Å². The van der Waals surface area contributed by atoms with Crippen LogP contribution >= 0.6 is 0 Å². The summed E-state index contributed by atoms with van der Waals surface area (Å²) in [7, 11) is 0. The van der Waals surface area contributed by atoms with E-state index in [0.717, 1.165) is 48.5 Å². The van der Waals surface area contributed by atoms with E-state index in [-0.39, 0.29) is 13.1 Å². The van der Waals surface area contributed by atoms with E-state index in [9.17, 15) is 38.4 Å². The fourth-order valence-electron chi connectivity index (χ4n) is 5.51. The summed E-state index contributed by atoms with van der Waals surface area (Å²) in [5.74, 6) is -5.88. The summed E-state index contributed by atoms with van der Waals surface area (Å²) in [6.07, 6.45) is -15.7. The molecular formula is C34H52N2O19. The van der Waals surface area contributed by atoms with Crippen molar-refractivity contribution in [2.45, 2.75) is 143 Å². The van der Waals surface area contributed by atoms with Gasteiger partial charge in [0.1, 0.15) is 43.4 Å². The molecule has 2 aliphatic heterocycles. The van der Waals surface area contributed by atoms with Crippen molar-refractivity contribution in [3.63, 3.8) is 0 Å². The quantitative estimate of drug-likeness (QED) is 0.119. The van der Waals surface area contributed by atoms with Crippen LogP contribution in [0, 0.1) is 0 Å². The van der Waals surface area contributed by atoms with Crippen molar-refractivity contribution in [3.8, 4) is 0 Å². The van der Waals surface area contributed by atoms with Crippen LogP contribution in [0.15, 0.2) is 0 Å². The van der Waals surface area contributed by atoms with E-state index in [0.29, 0.717) is 6.42 Å². The van der Waals surface area contributed by atoms with Crippen LogP contribution in [0.25, 0.3) is 0 Å². The zero-order valence-corrected chi connectivity index (χ0v) is 32.6. The van der Waals surface area contributed by atoms with Crippen LogP contribution in [0.4, 0.5) is 4.79 Å². The number of ether oxygens (including phenoxy) is 11. The summed E-state index contributed by atoms with van der Waals surface area (Å²) in [5, 5.41) is 5.65. The summed E-state index contributed by atoms with van der Waals surface area (Å²) in [6, 6.07) is 0. The van der Waals surface area contributed by atoms with Gasteiger partial charge in [-0.25, -0.2) is 4.79 Å². The van der Waals surface area contributed by atoms with Crippen LogP contribution in [-0.2, 0) is 85.7 Å². The maximum absolute atomic E-state index is 12.6. The zero-order valence-electron chi connectivity index (χ0n) is 32.6. The van der Waals surface area contributed by atoms with Gasteiger partial charge in [-0.3, -0.25) is 38.9 Å². The van der Waals surface area contributed by atoms with Crippen molar-refractivity contribution < 1.29 is 90.5 Å². The highest BCUT2D eigenvalue weighted by molar-refractivity contribution is 5.69. The molecule has 0 spiro atoms. The van der Waals surface area contributed by atoms with Crippen LogP contribution in [0.3, 0.4) is 0 Å². The molecule has 21 heteroatoms. The standard InChI is InChI=1S/C34H52N2O19/c1-16(37)45-14-23-25(47-18(3)39)27(29(50-21(6)42)31(52-23)35-12-11-13-36-33(44)55-34(8,9)10)54-32-30(51-22(7)43)28(49-20(5)41)26(48-19(4)40)24(53-32)15-46-17(2)38/h23-32,35H,11-15H2,1-10H3,(H,36,44)/t23-,24-,25-,26-,27+,28+,29-,30-,31?,32+/m1/s1. The Bertz CT molecular complexity index is 1380. The minimum absolute atomic E-state index is 0.114. The molecule has 21 nitrogen and oxygen atoms in total. The summed E-state index contributed by atoms with van der Waals surface area (Å²) < 4.78 is 61.8. The molecule has 312 valence electrons. The predicted octanol–water partition coefficient (Wildman–Crippen LogP) is 0.111. The molecule has 0 aromatic carbocycles. The molecule has 0 saturated carbocycles. The molecule has 55 heavy (non-hydrogen) atoms. The monoisotopic (exact) mass is 792 g/mol. The fraction of sp³-hybridized carbons (Fsp3) is 0.765. The number of carbonyl (C=O) groups excluding carboxylic acids is 8. The van der Waals surface area contributed by atoms with Crippen molar-refractivity contribution in [3.05, 3.63) is 0 Å². The van der Waals surface area contributed by atoms with Gasteiger partial charge in [-0.2, -0.15) is 0 Å². The van der Waals surface area contributed by atoms with Crippen molar-refractivity contribution in [2.75, 3.05) is 26.3 Å². The first-order valence-corrected chi connectivity index (χ1v) is 17.4. The first-order chi connectivity index (χ1) is 25.6. The number of rotatable bonds is 16. The van der Waals surface area contributed by atoms with Crippen molar-refractivity contribution >= 4 is 47.9 Å². The van der Waals surface area contributed by atoms with Crippen LogP contribution in [0.1, 0.15) is 75.7 Å². The van der Waals surface area contributed by atoms with Gasteiger partial charge in [0.2, 0.25) is 0 Å². The average Bonchev–Trinajstić information content (AvgIpc) is 3.02. The number of nitrogens with one attached hydrogen (secondary N) is 2. The SMILES string of the molecule is CC(=O)OC[C@H]1O[C@@H](O[C@H]2[C@H](OC(C)=O)[C@@H](COC(C)=O)OC(NCCCNC(=O)OC(C)(C)C)[C@@H]2OC(C)=O)[C@H](OC(C)=O)[C@@H](OC(C)=O)[C@@H]1OC(C)=O. The molecule has 2 fully saturated rings. The Hall–Kier alpha value is -4.60. The van der Waals surface area contributed by atoms with Crippen molar-refractivity contribution in [2.24, 2.45) is 0 Å². The Balaban J connectivity index is 2.64. The van der Waals surface area contributed by atoms with Crippen molar-refractivity contribution in [1.29, 1.82) is 0 Å². The second kappa shape index (κ2) is 21.5. The summed E-state index contributed by atoms with van der Waals surface area (Å²) in [6.45, 7) is 11.8. The molecule has 2 heterocycles. The Morgan fingerprint density at radius 3 is 1.44 bits per heavy atom. The van der Waals surface area contributed by atoms with E-state index in [1.54, 1.807) is 20.8 Å². The number of alkyl carbamates (subject to hydrolysis) is 1. The lowest BCUT2D eigenvalue weighted by atomic mass is 9.95. The van der Waals surface area contributed by atoms with Gasteiger partial charge >= 0.3 is 47.9 Å². The van der Waals surface area contributed by atoms with Gasteiger partial charge in [-0.1, -0.05) is 0 Å². The van der Waals surface area contributed by atoms with Gasteiger partial charge in [0, 0.05) is 55.0 Å². The van der Waals surface area contributed by atoms with E-state index in [4.69, 9.17) is 52.1 Å². The van der Waals surface area contributed by atoms with Crippen LogP contribution < -0.4 is 10.6 Å². The van der Waals surface area contributed by atoms with E-state index in [1.165, 1.54) is 0 Å². The van der Waals surface area contributed by atoms with Crippen LogP contribution in [-0.4, -0.2) is 141 Å². The molecule has 1 amide bonds. The zero-order chi connectivity index (χ0) is 41.6.